The van der Waals surface area contributed by atoms with E-state index in [0.29, 0.717) is 0 Å². The van der Waals surface area contributed by atoms with Gasteiger partial charge in [-0.05, 0) is 37.5 Å². The van der Waals surface area contributed by atoms with Crippen LogP contribution < -0.4 is 0 Å². The van der Waals surface area contributed by atoms with Crippen molar-refractivity contribution in [2.24, 2.45) is 21.7 Å². The molecule has 4 unspecified atom stereocenters. The molecular weight excluding hydrogens is 228 g/mol. The number of fused-ring (bicyclic) bond motifs is 4. The van der Waals surface area contributed by atoms with E-state index in [4.69, 9.17) is 4.74 Å². The summed E-state index contributed by atoms with van der Waals surface area (Å²) < 4.78 is 5.04. The first-order chi connectivity index (χ1) is 8.26. The van der Waals surface area contributed by atoms with Gasteiger partial charge in [-0.3, -0.25) is 9.59 Å². The molecule has 0 bridgehead atoms. The second-order valence-corrected chi connectivity index (χ2v) is 7.15. The highest BCUT2D eigenvalue weighted by Gasteiger charge is 2.88. The number of carbonyl (C=O) groups excluding carboxylic acids is 2. The number of hydrogen-bond acceptors (Lipinski definition) is 3. The fraction of sp³-hybridized carbons (Fsp3) is 0.867. The van der Waals surface area contributed by atoms with Gasteiger partial charge in [-0.15, -0.1) is 0 Å². The summed E-state index contributed by atoms with van der Waals surface area (Å²) in [5, 5.41) is 0. The molecule has 2 saturated carbocycles. The molecule has 4 atom stereocenters. The quantitative estimate of drug-likeness (QED) is 0.490. The minimum Gasteiger partial charge on any atom is -0.392 e. The Morgan fingerprint density at radius 1 is 0.778 bits per heavy atom. The van der Waals surface area contributed by atoms with E-state index < -0.39 is 10.8 Å². The number of carbonyl (C=O) groups is 2. The molecular formula is C15H22O3. The van der Waals surface area contributed by atoms with Crippen molar-refractivity contribution in [1.29, 1.82) is 0 Å². The van der Waals surface area contributed by atoms with Gasteiger partial charge in [0, 0.05) is 0 Å². The van der Waals surface area contributed by atoms with Gasteiger partial charge in [0.25, 0.3) is 0 Å². The summed E-state index contributed by atoms with van der Waals surface area (Å²) >= 11 is 0. The molecule has 1 saturated heterocycles. The van der Waals surface area contributed by atoms with Gasteiger partial charge in [-0.2, -0.15) is 0 Å². The molecule has 0 radical (unpaired) electrons. The van der Waals surface area contributed by atoms with Crippen LogP contribution in [0.5, 0.6) is 0 Å². The molecule has 3 rings (SSSR count). The molecule has 1 heterocycles. The lowest BCUT2D eigenvalue weighted by Gasteiger charge is -2.73. The van der Waals surface area contributed by atoms with Gasteiger partial charge in [-0.25, -0.2) is 0 Å². The first-order valence-electron chi connectivity index (χ1n) is 7.02. The van der Waals surface area contributed by atoms with Gasteiger partial charge in [0.1, 0.15) is 0 Å². The second kappa shape index (κ2) is 3.00. The summed E-state index contributed by atoms with van der Waals surface area (Å²) in [5.74, 6) is -0.589. The maximum Gasteiger partial charge on any atom is 0.321 e. The van der Waals surface area contributed by atoms with Gasteiger partial charge in [-0.1, -0.05) is 33.1 Å². The predicted molar refractivity (Wildman–Crippen MR) is 66.6 cm³/mol. The van der Waals surface area contributed by atoms with Crippen LogP contribution in [-0.4, -0.2) is 11.9 Å². The molecule has 0 aromatic carbocycles. The lowest BCUT2D eigenvalue weighted by atomic mass is 9.25. The van der Waals surface area contributed by atoms with Crippen molar-refractivity contribution in [1.82, 2.24) is 0 Å². The predicted octanol–water partition coefficient (Wildman–Crippen LogP) is 3.07. The van der Waals surface area contributed by atoms with E-state index in [0.717, 1.165) is 25.7 Å². The Bertz CT molecular complexity index is 417. The smallest absolute Gasteiger partial charge is 0.321 e. The van der Waals surface area contributed by atoms with E-state index in [1.807, 2.05) is 13.8 Å². The first-order valence-corrected chi connectivity index (χ1v) is 7.02. The fourth-order valence-corrected chi connectivity index (χ4v) is 5.48. The second-order valence-electron chi connectivity index (χ2n) is 7.15. The molecule has 0 N–H and O–H groups in total. The van der Waals surface area contributed by atoms with Crippen LogP contribution in [0, 0.1) is 21.7 Å². The van der Waals surface area contributed by atoms with Crippen molar-refractivity contribution in [2.45, 2.75) is 59.8 Å². The summed E-state index contributed by atoms with van der Waals surface area (Å²) in [4.78, 5) is 24.5. The zero-order chi connectivity index (χ0) is 13.4. The molecule has 3 fully saturated rings. The molecule has 0 aromatic heterocycles. The molecule has 18 heavy (non-hydrogen) atoms. The Labute approximate surface area is 108 Å². The third kappa shape index (κ3) is 0.810. The third-order valence-corrected chi connectivity index (χ3v) is 7.28. The van der Waals surface area contributed by atoms with E-state index in [-0.39, 0.29) is 22.8 Å². The number of cyclic esters (lactones) is 2. The summed E-state index contributed by atoms with van der Waals surface area (Å²) in [6.45, 7) is 8.29. The monoisotopic (exact) mass is 250 g/mol. The number of esters is 2. The molecule has 0 aromatic rings. The number of hydrogen-bond donors (Lipinski definition) is 0. The van der Waals surface area contributed by atoms with E-state index in [9.17, 15) is 9.59 Å². The van der Waals surface area contributed by atoms with Crippen LogP contribution in [0.4, 0.5) is 0 Å². The number of ether oxygens (including phenoxy) is 1. The van der Waals surface area contributed by atoms with E-state index in [1.165, 1.54) is 6.42 Å². The summed E-state index contributed by atoms with van der Waals surface area (Å²) in [6, 6.07) is 0. The van der Waals surface area contributed by atoms with Crippen molar-refractivity contribution >= 4 is 11.9 Å². The highest BCUT2D eigenvalue weighted by Crippen LogP contribution is 2.84. The standard InChI is InChI=1S/C15H22O3/c1-12-8-6-5-7-9-13(12,2)15(4)11(17)18-10(16)14(12,15)3/h5-9H2,1-4H3. The average Bonchev–Trinajstić information content (AvgIpc) is 2.44. The Morgan fingerprint density at radius 2 is 1.17 bits per heavy atom. The van der Waals surface area contributed by atoms with E-state index in [1.54, 1.807) is 0 Å². The lowest BCUT2D eigenvalue weighted by molar-refractivity contribution is -0.277. The minimum atomic E-state index is -0.629. The summed E-state index contributed by atoms with van der Waals surface area (Å²) in [5.41, 5.74) is -1.46. The molecule has 1 aliphatic heterocycles. The largest absolute Gasteiger partial charge is 0.392 e. The fourth-order valence-electron chi connectivity index (χ4n) is 5.48. The minimum absolute atomic E-state index is 0.103. The summed E-state index contributed by atoms with van der Waals surface area (Å²) in [6.07, 6.45) is 5.56. The highest BCUT2D eigenvalue weighted by molar-refractivity contribution is 6.05. The molecule has 3 heteroatoms. The van der Waals surface area contributed by atoms with E-state index >= 15 is 0 Å². The lowest BCUT2D eigenvalue weighted by Crippen LogP contribution is -2.76. The SMILES string of the molecule is CC12CCCCCC1(C)C1(C)C(=O)OC(=O)C21C. The van der Waals surface area contributed by atoms with Crippen molar-refractivity contribution in [3.63, 3.8) is 0 Å². The van der Waals surface area contributed by atoms with E-state index in [2.05, 4.69) is 13.8 Å². The van der Waals surface area contributed by atoms with Crippen LogP contribution in [0.25, 0.3) is 0 Å². The zero-order valence-corrected chi connectivity index (χ0v) is 11.8. The van der Waals surface area contributed by atoms with Gasteiger partial charge in [0.15, 0.2) is 0 Å². The average molecular weight is 250 g/mol. The van der Waals surface area contributed by atoms with Crippen LogP contribution >= 0.6 is 0 Å². The topological polar surface area (TPSA) is 43.4 Å². The van der Waals surface area contributed by atoms with Crippen LogP contribution in [0.15, 0.2) is 0 Å². The Hall–Kier alpha value is -0.860. The Balaban J connectivity index is 2.22. The first kappa shape index (κ1) is 12.2. The number of rotatable bonds is 0. The summed E-state index contributed by atoms with van der Waals surface area (Å²) in [7, 11) is 0. The molecule has 100 valence electrons. The van der Waals surface area contributed by atoms with Crippen molar-refractivity contribution in [3.8, 4) is 0 Å². The van der Waals surface area contributed by atoms with Crippen LogP contribution in [0.3, 0.4) is 0 Å². The molecule has 0 spiro atoms. The highest BCUT2D eigenvalue weighted by atomic mass is 16.6. The maximum absolute atomic E-state index is 12.2. The zero-order valence-electron chi connectivity index (χ0n) is 11.8. The van der Waals surface area contributed by atoms with Gasteiger partial charge >= 0.3 is 11.9 Å². The van der Waals surface area contributed by atoms with Crippen molar-refractivity contribution in [2.75, 3.05) is 0 Å². The van der Waals surface area contributed by atoms with Gasteiger partial charge < -0.3 is 4.74 Å². The van der Waals surface area contributed by atoms with Crippen molar-refractivity contribution in [3.05, 3.63) is 0 Å². The Morgan fingerprint density at radius 3 is 1.56 bits per heavy atom. The van der Waals surface area contributed by atoms with Gasteiger partial charge in [0.05, 0.1) is 10.8 Å². The van der Waals surface area contributed by atoms with Crippen LogP contribution in [0.2, 0.25) is 0 Å². The molecule has 2 aliphatic carbocycles. The third-order valence-electron chi connectivity index (χ3n) is 7.28. The normalized spacial score (nSPS) is 55.1. The molecule has 0 amide bonds. The van der Waals surface area contributed by atoms with Crippen LogP contribution in [-0.2, 0) is 14.3 Å². The Kier molecular flexibility index (Phi) is 2.03. The van der Waals surface area contributed by atoms with Gasteiger partial charge in [0.2, 0.25) is 0 Å². The molecule has 3 nitrogen and oxygen atoms in total. The van der Waals surface area contributed by atoms with Crippen molar-refractivity contribution < 1.29 is 14.3 Å². The van der Waals surface area contributed by atoms with Crippen LogP contribution in [0.1, 0.15) is 59.8 Å². The molecule has 3 aliphatic rings. The maximum atomic E-state index is 12.2.